The fraction of sp³-hybridized carbons (Fsp3) is 0.364. The van der Waals surface area contributed by atoms with Gasteiger partial charge in [0.05, 0.1) is 6.54 Å². The molecule has 1 aliphatic heterocycles. The highest BCUT2D eigenvalue weighted by atomic mass is 35.5. The first-order chi connectivity index (χ1) is 13.3. The maximum absolute atomic E-state index is 12.8. The molecule has 0 unspecified atom stereocenters. The molecule has 0 radical (unpaired) electrons. The highest BCUT2D eigenvalue weighted by Crippen LogP contribution is 2.20. The van der Waals surface area contributed by atoms with Crippen molar-refractivity contribution in [3.63, 3.8) is 0 Å². The fourth-order valence-electron chi connectivity index (χ4n) is 3.54. The van der Waals surface area contributed by atoms with Crippen molar-refractivity contribution in [3.8, 4) is 0 Å². The zero-order chi connectivity index (χ0) is 20.3. The van der Waals surface area contributed by atoms with Crippen molar-refractivity contribution in [1.82, 2.24) is 9.80 Å². The normalized spacial score (nSPS) is 13.8. The molecule has 1 heterocycles. The van der Waals surface area contributed by atoms with Crippen LogP contribution in [0.3, 0.4) is 0 Å². The second-order valence-corrected chi connectivity index (χ2v) is 7.46. The molecule has 8 heteroatoms. The summed E-state index contributed by atoms with van der Waals surface area (Å²) in [6.45, 7) is 8.78. The van der Waals surface area contributed by atoms with Crippen molar-refractivity contribution < 1.29 is 9.59 Å². The second-order valence-electron chi connectivity index (χ2n) is 7.46. The van der Waals surface area contributed by atoms with E-state index in [1.165, 1.54) is 0 Å². The molecule has 0 aromatic heterocycles. The minimum absolute atomic E-state index is 0. The Labute approximate surface area is 190 Å². The van der Waals surface area contributed by atoms with Gasteiger partial charge in [-0.15, -0.1) is 24.8 Å². The summed E-state index contributed by atoms with van der Waals surface area (Å²) in [6, 6.07) is 11.4. The predicted octanol–water partition coefficient (Wildman–Crippen LogP) is 3.43. The van der Waals surface area contributed by atoms with Crippen LogP contribution in [0.5, 0.6) is 0 Å². The number of hydrogen-bond donors (Lipinski definition) is 2. The van der Waals surface area contributed by atoms with Gasteiger partial charge < -0.3 is 16.0 Å². The van der Waals surface area contributed by atoms with E-state index in [1.807, 2.05) is 49.9 Å². The van der Waals surface area contributed by atoms with E-state index in [0.29, 0.717) is 44.0 Å². The molecule has 6 nitrogen and oxygen atoms in total. The van der Waals surface area contributed by atoms with Gasteiger partial charge in [-0.2, -0.15) is 0 Å². The van der Waals surface area contributed by atoms with Crippen LogP contribution in [-0.2, 0) is 4.79 Å². The van der Waals surface area contributed by atoms with Crippen molar-refractivity contribution >= 4 is 48.0 Å². The topological polar surface area (TPSA) is 78.7 Å². The zero-order valence-electron chi connectivity index (χ0n) is 17.6. The predicted molar refractivity (Wildman–Crippen MR) is 127 cm³/mol. The molecular formula is C22H30Cl2N4O2. The number of hydrogen-bond acceptors (Lipinski definition) is 4. The van der Waals surface area contributed by atoms with Crippen molar-refractivity contribution in [1.29, 1.82) is 0 Å². The molecule has 2 amide bonds. The molecule has 0 aliphatic carbocycles. The lowest BCUT2D eigenvalue weighted by molar-refractivity contribution is -0.117. The molecule has 0 bridgehead atoms. The quantitative estimate of drug-likeness (QED) is 0.696. The van der Waals surface area contributed by atoms with Crippen LogP contribution in [0.15, 0.2) is 36.4 Å². The van der Waals surface area contributed by atoms with Crippen LogP contribution in [0.1, 0.15) is 27.0 Å². The van der Waals surface area contributed by atoms with Gasteiger partial charge in [0.2, 0.25) is 5.91 Å². The van der Waals surface area contributed by atoms with Gasteiger partial charge in [-0.05, 0) is 49.6 Å². The van der Waals surface area contributed by atoms with E-state index < -0.39 is 0 Å². The van der Waals surface area contributed by atoms with E-state index in [2.05, 4.69) is 10.2 Å². The number of aryl methyl sites for hydroxylation is 3. The number of anilines is 2. The van der Waals surface area contributed by atoms with Crippen LogP contribution in [0.2, 0.25) is 0 Å². The zero-order valence-corrected chi connectivity index (χ0v) is 19.2. The summed E-state index contributed by atoms with van der Waals surface area (Å²) >= 11 is 0. The van der Waals surface area contributed by atoms with Gasteiger partial charge >= 0.3 is 0 Å². The largest absolute Gasteiger partial charge is 0.399 e. The molecule has 3 N–H and O–H groups in total. The molecule has 1 saturated heterocycles. The first kappa shape index (κ1) is 25.8. The molecule has 2 aromatic carbocycles. The third-order valence-electron chi connectivity index (χ3n) is 5.26. The lowest BCUT2D eigenvalue weighted by Gasteiger charge is -2.34. The monoisotopic (exact) mass is 452 g/mol. The molecule has 1 fully saturated rings. The first-order valence-electron chi connectivity index (χ1n) is 9.59. The molecule has 0 saturated carbocycles. The van der Waals surface area contributed by atoms with Gasteiger partial charge in [0.15, 0.2) is 0 Å². The smallest absolute Gasteiger partial charge is 0.254 e. The second kappa shape index (κ2) is 11.2. The standard InChI is InChI=1S/C22H28N4O2.2ClH/c1-15-7-8-18(23)13-19(15)22(28)26-11-9-25(10-12-26)14-20(27)24-21-16(2)5-4-6-17(21)3;;/h4-8,13H,9-12,14,23H2,1-3H3,(H,24,27);2*1H. The average molecular weight is 453 g/mol. The van der Waals surface area contributed by atoms with Crippen LogP contribution < -0.4 is 11.1 Å². The molecular weight excluding hydrogens is 423 g/mol. The van der Waals surface area contributed by atoms with E-state index >= 15 is 0 Å². The van der Waals surface area contributed by atoms with Crippen LogP contribution in [0, 0.1) is 20.8 Å². The van der Waals surface area contributed by atoms with Crippen LogP contribution in [-0.4, -0.2) is 54.3 Å². The number of carbonyl (C=O) groups excluding carboxylic acids is 2. The van der Waals surface area contributed by atoms with Gasteiger partial charge in [0, 0.05) is 43.1 Å². The summed E-state index contributed by atoms with van der Waals surface area (Å²) in [7, 11) is 0. The van der Waals surface area contributed by atoms with E-state index in [-0.39, 0.29) is 36.6 Å². The van der Waals surface area contributed by atoms with Crippen molar-refractivity contribution in [2.75, 3.05) is 43.8 Å². The third kappa shape index (κ3) is 6.11. The molecule has 1 aliphatic rings. The summed E-state index contributed by atoms with van der Waals surface area (Å²) in [5.41, 5.74) is 11.0. The number of nitrogen functional groups attached to an aromatic ring is 1. The summed E-state index contributed by atoms with van der Waals surface area (Å²) in [4.78, 5) is 29.2. The number of nitrogens with two attached hydrogens (primary N) is 1. The van der Waals surface area contributed by atoms with Crippen molar-refractivity contribution in [2.24, 2.45) is 0 Å². The van der Waals surface area contributed by atoms with Gasteiger partial charge in [-0.1, -0.05) is 24.3 Å². The molecule has 30 heavy (non-hydrogen) atoms. The molecule has 3 rings (SSSR count). The van der Waals surface area contributed by atoms with Gasteiger partial charge in [-0.25, -0.2) is 0 Å². The van der Waals surface area contributed by atoms with Crippen molar-refractivity contribution in [3.05, 3.63) is 58.7 Å². The maximum atomic E-state index is 12.8. The van der Waals surface area contributed by atoms with Crippen LogP contribution >= 0.6 is 24.8 Å². The van der Waals surface area contributed by atoms with Gasteiger partial charge in [0.25, 0.3) is 5.91 Å². The Hall–Kier alpha value is -2.28. The van der Waals surface area contributed by atoms with Crippen molar-refractivity contribution in [2.45, 2.75) is 20.8 Å². The number of halogens is 2. The molecule has 0 spiro atoms. The van der Waals surface area contributed by atoms with Gasteiger partial charge in [0.1, 0.15) is 0 Å². The number of nitrogens with one attached hydrogen (secondary N) is 1. The molecule has 164 valence electrons. The number of rotatable bonds is 4. The number of nitrogens with zero attached hydrogens (tertiary/aromatic N) is 2. The highest BCUT2D eigenvalue weighted by Gasteiger charge is 2.24. The lowest BCUT2D eigenvalue weighted by atomic mass is 10.1. The van der Waals surface area contributed by atoms with E-state index in [0.717, 1.165) is 22.4 Å². The van der Waals surface area contributed by atoms with Crippen LogP contribution in [0.4, 0.5) is 11.4 Å². The summed E-state index contributed by atoms with van der Waals surface area (Å²) in [5, 5.41) is 3.02. The average Bonchev–Trinajstić information content (AvgIpc) is 2.67. The Morgan fingerprint density at radius 3 is 2.13 bits per heavy atom. The number of piperazine rings is 1. The Bertz CT molecular complexity index is 876. The molecule has 0 atom stereocenters. The third-order valence-corrected chi connectivity index (χ3v) is 5.26. The number of amides is 2. The fourth-order valence-corrected chi connectivity index (χ4v) is 3.54. The van der Waals surface area contributed by atoms with E-state index in [1.54, 1.807) is 12.1 Å². The Kier molecular flexibility index (Phi) is 9.62. The van der Waals surface area contributed by atoms with Gasteiger partial charge in [-0.3, -0.25) is 14.5 Å². The summed E-state index contributed by atoms with van der Waals surface area (Å²) in [6.07, 6.45) is 0. The highest BCUT2D eigenvalue weighted by molar-refractivity contribution is 5.96. The summed E-state index contributed by atoms with van der Waals surface area (Å²) < 4.78 is 0. The lowest BCUT2D eigenvalue weighted by Crippen LogP contribution is -2.50. The Morgan fingerprint density at radius 1 is 0.933 bits per heavy atom. The number of para-hydroxylation sites is 1. The maximum Gasteiger partial charge on any atom is 0.254 e. The van der Waals surface area contributed by atoms with Crippen LogP contribution in [0.25, 0.3) is 0 Å². The minimum atomic E-state index is -0.0242. The Balaban J connectivity index is 0.00000225. The summed E-state index contributed by atoms with van der Waals surface area (Å²) in [5.74, 6) is -0.0201. The number of carbonyl (C=O) groups is 2. The SMILES string of the molecule is Cc1ccc(N)cc1C(=O)N1CCN(CC(=O)Nc2c(C)cccc2C)CC1.Cl.Cl. The first-order valence-corrected chi connectivity index (χ1v) is 9.59. The van der Waals surface area contributed by atoms with E-state index in [4.69, 9.17) is 5.73 Å². The minimum Gasteiger partial charge on any atom is -0.399 e. The molecule has 2 aromatic rings. The van der Waals surface area contributed by atoms with E-state index in [9.17, 15) is 9.59 Å². The Morgan fingerprint density at radius 2 is 1.53 bits per heavy atom. The number of benzene rings is 2.